The van der Waals surface area contributed by atoms with E-state index in [9.17, 15) is 18.7 Å². The first-order chi connectivity index (χ1) is 26.2. The zero-order chi connectivity index (χ0) is 37.4. The van der Waals surface area contributed by atoms with Gasteiger partial charge in [0.15, 0.2) is 11.4 Å². The Morgan fingerprint density at radius 1 is 1.11 bits per heavy atom. The van der Waals surface area contributed by atoms with E-state index in [1.54, 1.807) is 17.2 Å². The van der Waals surface area contributed by atoms with Crippen molar-refractivity contribution in [2.24, 2.45) is 5.92 Å². The van der Waals surface area contributed by atoms with Gasteiger partial charge in [0.05, 0.1) is 13.2 Å². The molecule has 3 atom stereocenters. The minimum atomic E-state index is -3.09. The number of aliphatic carboxylic acids is 1. The summed E-state index contributed by atoms with van der Waals surface area (Å²) in [5, 5.41) is 14.4. The fourth-order valence-electron chi connectivity index (χ4n) is 8.03. The summed E-state index contributed by atoms with van der Waals surface area (Å²) in [7, 11) is 0. The molecule has 0 saturated carbocycles. The number of nitrogens with zero attached hydrogens (tertiary/aromatic N) is 5. The number of fused-ring (bicyclic) bond motifs is 2. The van der Waals surface area contributed by atoms with Crippen molar-refractivity contribution in [2.75, 3.05) is 38.2 Å². The van der Waals surface area contributed by atoms with Gasteiger partial charge >= 0.3 is 12.6 Å². The molecule has 2 N–H and O–H groups in total. The lowest BCUT2D eigenvalue weighted by molar-refractivity contribution is -0.142. The number of oxazole rings is 1. The topological polar surface area (TPSA) is 126 Å². The molecule has 2 unspecified atom stereocenters. The maximum Gasteiger partial charge on any atom is 0.387 e. The van der Waals surface area contributed by atoms with Gasteiger partial charge in [0.25, 0.3) is 0 Å². The predicted molar refractivity (Wildman–Crippen MR) is 200 cm³/mol. The Morgan fingerprint density at radius 2 is 1.94 bits per heavy atom. The number of carboxylic acid groups (broad SMARTS) is 1. The van der Waals surface area contributed by atoms with Gasteiger partial charge in [-0.25, -0.2) is 9.97 Å². The molecule has 3 aromatic heterocycles. The lowest BCUT2D eigenvalue weighted by Crippen LogP contribution is -2.42. The Morgan fingerprint density at radius 3 is 2.74 bits per heavy atom. The summed E-state index contributed by atoms with van der Waals surface area (Å²) in [6, 6.07) is 14.6. The standard InChI is InChI=1S/C41H42F2N6O5/c1-25-7-3-4-8-30(25)31-9-5-12-41(26(31)2,47-37-36-28(11-13-44-37)19-27(22-45-36)23-48-15-17-52-18-16-48)39-46-32-20-29(24-49-14-6-10-33(49)38(50)51)34(54-40(42)43)21-35(32)53-39/h3-5,7-9,11-13,19-22,26,33,40H,6,10,14-18,23-24H2,1-2H3,(H,44,47)(H,50,51)/t26?,33-,41?/m0/s1. The number of aryl methyl sites for hydroxylation is 1. The first-order valence-electron chi connectivity index (χ1n) is 18.3. The van der Waals surface area contributed by atoms with Crippen LogP contribution < -0.4 is 10.1 Å². The fraction of sp³-hybridized carbons (Fsp3) is 0.366. The van der Waals surface area contributed by atoms with E-state index in [0.29, 0.717) is 60.9 Å². The molecule has 0 amide bonds. The zero-order valence-electron chi connectivity index (χ0n) is 30.2. The van der Waals surface area contributed by atoms with Crippen molar-refractivity contribution >= 4 is 39.4 Å². The second kappa shape index (κ2) is 14.9. The predicted octanol–water partition coefficient (Wildman–Crippen LogP) is 7.16. The van der Waals surface area contributed by atoms with Crippen LogP contribution in [-0.2, 0) is 28.2 Å². The Bertz CT molecular complexity index is 2250. The number of hydrogen-bond donors (Lipinski definition) is 2. The molecule has 2 aliphatic heterocycles. The van der Waals surface area contributed by atoms with Crippen molar-refractivity contribution in [3.63, 3.8) is 0 Å². The van der Waals surface area contributed by atoms with E-state index >= 15 is 0 Å². The van der Waals surface area contributed by atoms with E-state index in [1.165, 1.54) is 6.07 Å². The summed E-state index contributed by atoms with van der Waals surface area (Å²) in [6.07, 6.45) is 10.9. The van der Waals surface area contributed by atoms with Gasteiger partial charge in [-0.2, -0.15) is 8.78 Å². The quantitative estimate of drug-likeness (QED) is 0.144. The lowest BCUT2D eigenvalue weighted by atomic mass is 9.73. The van der Waals surface area contributed by atoms with Gasteiger partial charge in [0.1, 0.15) is 28.4 Å². The van der Waals surface area contributed by atoms with E-state index in [0.717, 1.165) is 47.3 Å². The summed E-state index contributed by atoms with van der Waals surface area (Å²) in [5.74, 6) is -0.466. The number of carbonyl (C=O) groups is 1. The second-order valence-corrected chi connectivity index (χ2v) is 14.3. The molecule has 3 aliphatic rings. The van der Waals surface area contributed by atoms with Crippen LogP contribution in [0.5, 0.6) is 5.75 Å². The summed E-state index contributed by atoms with van der Waals surface area (Å²) in [5.41, 5.74) is 4.97. The number of ether oxygens (including phenoxy) is 2. The third-order valence-corrected chi connectivity index (χ3v) is 10.9. The van der Waals surface area contributed by atoms with Gasteiger partial charge in [0, 0.05) is 61.5 Å². The lowest BCUT2D eigenvalue weighted by Gasteiger charge is -2.39. The number of hydrogen-bond acceptors (Lipinski definition) is 10. The molecule has 13 heteroatoms. The largest absolute Gasteiger partial charge is 0.480 e. The van der Waals surface area contributed by atoms with Crippen LogP contribution in [0.4, 0.5) is 14.6 Å². The number of aromatic nitrogens is 3. The normalized spacial score (nSPS) is 22.3. The molecule has 0 radical (unpaired) electrons. The molecule has 2 fully saturated rings. The van der Waals surface area contributed by atoms with E-state index in [4.69, 9.17) is 28.8 Å². The van der Waals surface area contributed by atoms with Crippen molar-refractivity contribution in [3.8, 4) is 5.75 Å². The van der Waals surface area contributed by atoms with Crippen molar-refractivity contribution in [1.29, 1.82) is 0 Å². The van der Waals surface area contributed by atoms with E-state index in [1.807, 2.05) is 36.5 Å². The van der Waals surface area contributed by atoms with Crippen LogP contribution in [0.2, 0.25) is 0 Å². The van der Waals surface area contributed by atoms with Gasteiger partial charge in [-0.1, -0.05) is 43.3 Å². The first kappa shape index (κ1) is 35.8. The Kier molecular flexibility index (Phi) is 9.86. The Labute approximate surface area is 311 Å². The second-order valence-electron chi connectivity index (χ2n) is 14.3. The van der Waals surface area contributed by atoms with Crippen molar-refractivity contribution in [1.82, 2.24) is 24.8 Å². The monoisotopic (exact) mass is 736 g/mol. The van der Waals surface area contributed by atoms with E-state index in [2.05, 4.69) is 48.3 Å². The molecule has 1 aliphatic carbocycles. The van der Waals surface area contributed by atoms with Crippen LogP contribution >= 0.6 is 0 Å². The Balaban J connectivity index is 1.22. The highest BCUT2D eigenvalue weighted by Gasteiger charge is 2.45. The fourth-order valence-corrected chi connectivity index (χ4v) is 8.03. The third-order valence-electron chi connectivity index (χ3n) is 10.9. The highest BCUT2D eigenvalue weighted by molar-refractivity contribution is 5.89. The maximum atomic E-state index is 13.8. The summed E-state index contributed by atoms with van der Waals surface area (Å²) in [4.78, 5) is 30.8. The molecular weight excluding hydrogens is 694 g/mol. The minimum absolute atomic E-state index is 0.0845. The zero-order valence-corrected chi connectivity index (χ0v) is 30.2. The molecule has 0 spiro atoms. The highest BCUT2D eigenvalue weighted by atomic mass is 19.3. The van der Waals surface area contributed by atoms with Gasteiger partial charge in [-0.05, 0) is 72.8 Å². The maximum absolute atomic E-state index is 13.8. The number of likely N-dealkylation sites (tertiary alicyclic amines) is 1. The molecule has 5 aromatic rings. The van der Waals surface area contributed by atoms with E-state index in [-0.39, 0.29) is 23.8 Å². The molecule has 8 rings (SSSR count). The summed E-state index contributed by atoms with van der Waals surface area (Å²) in [6.45, 7) is 5.64. The van der Waals surface area contributed by atoms with Crippen LogP contribution in [0.25, 0.3) is 27.6 Å². The molecule has 2 aromatic carbocycles. The van der Waals surface area contributed by atoms with Crippen LogP contribution in [-0.4, -0.2) is 81.3 Å². The van der Waals surface area contributed by atoms with Crippen LogP contribution in [0.1, 0.15) is 47.9 Å². The van der Waals surface area contributed by atoms with Crippen molar-refractivity contribution in [2.45, 2.75) is 58.0 Å². The number of alkyl halides is 2. The average molecular weight is 737 g/mol. The highest BCUT2D eigenvalue weighted by Crippen LogP contribution is 2.46. The van der Waals surface area contributed by atoms with E-state index < -0.39 is 24.2 Å². The SMILES string of the molecule is Cc1ccccc1C1=CC=CC(Nc2nccc3cc(CN4CCOCC4)cnc23)(c2nc3cc(CN4CCC[C@H]4C(=O)O)c(OC(F)F)cc3o2)C1C. The van der Waals surface area contributed by atoms with Crippen LogP contribution in [0.3, 0.4) is 0 Å². The molecule has 280 valence electrons. The molecule has 11 nitrogen and oxygen atoms in total. The number of carboxylic acids is 1. The molecule has 2 saturated heterocycles. The number of benzene rings is 2. The van der Waals surface area contributed by atoms with Gasteiger partial charge in [-0.3, -0.25) is 19.6 Å². The number of allylic oxidation sites excluding steroid dienone is 2. The Hall–Kier alpha value is -5.24. The number of nitrogens with one attached hydrogen (secondary N) is 1. The number of pyridine rings is 2. The number of halogens is 2. The molecule has 5 heterocycles. The molecular formula is C41H42F2N6O5. The van der Waals surface area contributed by atoms with Crippen LogP contribution in [0, 0.1) is 12.8 Å². The van der Waals surface area contributed by atoms with Gasteiger partial charge < -0.3 is 24.3 Å². The summed E-state index contributed by atoms with van der Waals surface area (Å²) < 4.78 is 44.6. The average Bonchev–Trinajstić information content (AvgIpc) is 3.81. The van der Waals surface area contributed by atoms with Gasteiger partial charge in [0.2, 0.25) is 5.89 Å². The number of rotatable bonds is 11. The smallest absolute Gasteiger partial charge is 0.387 e. The number of anilines is 1. The number of morpholine rings is 1. The molecule has 54 heavy (non-hydrogen) atoms. The van der Waals surface area contributed by atoms with Crippen LogP contribution in [0.15, 0.2) is 83.6 Å². The molecule has 0 bridgehead atoms. The van der Waals surface area contributed by atoms with Gasteiger partial charge in [-0.15, -0.1) is 0 Å². The van der Waals surface area contributed by atoms with Crippen molar-refractivity contribution < 1.29 is 32.6 Å². The first-order valence-corrected chi connectivity index (χ1v) is 18.3. The van der Waals surface area contributed by atoms with Crippen molar-refractivity contribution in [3.05, 3.63) is 107 Å². The third kappa shape index (κ3) is 6.94. The minimum Gasteiger partial charge on any atom is -0.480 e. The summed E-state index contributed by atoms with van der Waals surface area (Å²) >= 11 is 0.